The van der Waals surface area contributed by atoms with Crippen LogP contribution in [-0.4, -0.2) is 20.4 Å². The van der Waals surface area contributed by atoms with E-state index in [-0.39, 0.29) is 11.0 Å². The van der Waals surface area contributed by atoms with Crippen molar-refractivity contribution < 1.29 is 17.9 Å². The van der Waals surface area contributed by atoms with Gasteiger partial charge in [0.25, 0.3) is 15.9 Å². The molecule has 26 heavy (non-hydrogen) atoms. The van der Waals surface area contributed by atoms with Crippen LogP contribution >= 0.6 is 0 Å². The monoisotopic (exact) mass is 376 g/mol. The predicted molar refractivity (Wildman–Crippen MR) is 100 cm³/mol. The highest BCUT2D eigenvalue weighted by Gasteiger charge is 2.15. The molecule has 1 amide bonds. The summed E-state index contributed by atoms with van der Waals surface area (Å²) in [5.41, 5.74) is 3.61. The molecule has 140 valence electrons. The van der Waals surface area contributed by atoms with Crippen LogP contribution in [-0.2, 0) is 16.4 Å². The lowest BCUT2D eigenvalue weighted by atomic mass is 10.1. The van der Waals surface area contributed by atoms with E-state index in [0.29, 0.717) is 11.3 Å². The summed E-state index contributed by atoms with van der Waals surface area (Å²) in [6.45, 7) is 5.87. The number of nitrogens with one attached hydrogen (secondary N) is 2. The van der Waals surface area contributed by atoms with Crippen molar-refractivity contribution in [1.82, 2.24) is 10.3 Å². The van der Waals surface area contributed by atoms with Crippen molar-refractivity contribution in [3.8, 4) is 5.75 Å². The van der Waals surface area contributed by atoms with Crippen molar-refractivity contribution in [2.24, 2.45) is 0 Å². The van der Waals surface area contributed by atoms with Gasteiger partial charge in [-0.1, -0.05) is 25.5 Å². The van der Waals surface area contributed by atoms with Crippen LogP contribution in [0.3, 0.4) is 0 Å². The number of amides is 1. The van der Waals surface area contributed by atoms with Gasteiger partial charge in [0.2, 0.25) is 0 Å². The van der Waals surface area contributed by atoms with Crippen LogP contribution in [0.1, 0.15) is 43.1 Å². The van der Waals surface area contributed by atoms with Gasteiger partial charge in [-0.2, -0.15) is 0 Å². The first-order valence-electron chi connectivity index (χ1n) is 8.49. The van der Waals surface area contributed by atoms with Gasteiger partial charge in [0.05, 0.1) is 11.0 Å². The van der Waals surface area contributed by atoms with E-state index in [1.165, 1.54) is 12.1 Å². The molecule has 0 heterocycles. The number of hydrogen-bond donors (Lipinski definition) is 2. The normalized spacial score (nSPS) is 11.4. The zero-order chi connectivity index (χ0) is 19.2. The van der Waals surface area contributed by atoms with Crippen LogP contribution in [0.15, 0.2) is 53.4 Å². The van der Waals surface area contributed by atoms with Crippen molar-refractivity contribution in [2.75, 3.05) is 0 Å². The highest BCUT2D eigenvalue weighted by Crippen LogP contribution is 2.14. The second kappa shape index (κ2) is 8.82. The van der Waals surface area contributed by atoms with Gasteiger partial charge in [-0.15, -0.1) is 4.83 Å². The van der Waals surface area contributed by atoms with Crippen LogP contribution in [0.2, 0.25) is 0 Å². The summed E-state index contributed by atoms with van der Waals surface area (Å²) < 4.78 is 30.0. The van der Waals surface area contributed by atoms with Gasteiger partial charge in [0.1, 0.15) is 5.75 Å². The van der Waals surface area contributed by atoms with E-state index in [4.69, 9.17) is 4.74 Å². The van der Waals surface area contributed by atoms with Gasteiger partial charge in [0, 0.05) is 5.56 Å². The number of ether oxygens (including phenoxy) is 1. The first-order valence-corrected chi connectivity index (χ1v) is 9.98. The molecule has 0 aliphatic carbocycles. The molecule has 2 aromatic rings. The summed E-state index contributed by atoms with van der Waals surface area (Å²) in [5.74, 6) is 0.0941. The first kappa shape index (κ1) is 19.9. The Morgan fingerprint density at radius 1 is 1.04 bits per heavy atom. The Bertz CT molecular complexity index is 829. The van der Waals surface area contributed by atoms with E-state index >= 15 is 0 Å². The highest BCUT2D eigenvalue weighted by molar-refractivity contribution is 7.89. The Hall–Kier alpha value is -2.38. The molecule has 2 N–H and O–H groups in total. The second-order valence-electron chi connectivity index (χ2n) is 6.14. The highest BCUT2D eigenvalue weighted by atomic mass is 32.2. The van der Waals surface area contributed by atoms with Gasteiger partial charge in [-0.25, -0.2) is 8.42 Å². The average molecular weight is 376 g/mol. The average Bonchev–Trinajstić information content (AvgIpc) is 2.61. The molecule has 0 bridgehead atoms. The summed E-state index contributed by atoms with van der Waals surface area (Å²) in [7, 11) is -3.83. The summed E-state index contributed by atoms with van der Waals surface area (Å²) in [6, 6.07) is 13.1. The van der Waals surface area contributed by atoms with Crippen molar-refractivity contribution in [2.45, 2.75) is 44.6 Å². The first-order chi connectivity index (χ1) is 12.3. The van der Waals surface area contributed by atoms with Crippen LogP contribution in [0, 0.1) is 0 Å². The fourth-order valence-electron chi connectivity index (χ4n) is 2.33. The Labute approximate surface area is 154 Å². The molecule has 0 aliphatic heterocycles. The van der Waals surface area contributed by atoms with Crippen LogP contribution in [0.5, 0.6) is 5.75 Å². The molecule has 0 aliphatic rings. The maximum Gasteiger partial charge on any atom is 0.266 e. The molecule has 0 saturated carbocycles. The van der Waals surface area contributed by atoms with E-state index in [9.17, 15) is 13.2 Å². The molecule has 2 rings (SSSR count). The lowest BCUT2D eigenvalue weighted by Crippen LogP contribution is -2.41. The molecule has 6 nitrogen and oxygen atoms in total. The Morgan fingerprint density at radius 3 is 2.19 bits per heavy atom. The van der Waals surface area contributed by atoms with Crippen molar-refractivity contribution in [1.29, 1.82) is 0 Å². The van der Waals surface area contributed by atoms with Crippen molar-refractivity contribution in [3.05, 3.63) is 59.7 Å². The van der Waals surface area contributed by atoms with E-state index in [2.05, 4.69) is 17.2 Å². The third-order valence-corrected chi connectivity index (χ3v) is 4.82. The van der Waals surface area contributed by atoms with E-state index < -0.39 is 15.9 Å². The predicted octanol–water partition coefficient (Wildman–Crippen LogP) is 3.05. The third-order valence-electron chi connectivity index (χ3n) is 3.56. The zero-order valence-electron chi connectivity index (χ0n) is 15.2. The molecule has 0 fully saturated rings. The molecular formula is C19H24N2O4S. The van der Waals surface area contributed by atoms with E-state index in [0.717, 1.165) is 18.4 Å². The number of rotatable bonds is 8. The largest absolute Gasteiger partial charge is 0.491 e. The minimum atomic E-state index is -3.83. The number of carbonyl (C=O) groups excluding carboxylic acids is 1. The number of hydrazine groups is 1. The van der Waals surface area contributed by atoms with Gasteiger partial charge in [-0.05, 0) is 62.2 Å². The number of carbonyl (C=O) groups is 1. The SMILES string of the molecule is CCCc1ccc(S(=O)(=O)NNC(=O)c2ccc(OC(C)C)cc2)cc1. The minimum Gasteiger partial charge on any atom is -0.491 e. The van der Waals surface area contributed by atoms with Gasteiger partial charge in [0.15, 0.2) is 0 Å². The smallest absolute Gasteiger partial charge is 0.266 e. The Kier molecular flexibility index (Phi) is 6.76. The van der Waals surface area contributed by atoms with Crippen LogP contribution < -0.4 is 15.0 Å². The van der Waals surface area contributed by atoms with Gasteiger partial charge in [-0.3, -0.25) is 10.2 Å². The molecule has 0 spiro atoms. The maximum absolute atomic E-state index is 12.3. The fourth-order valence-corrected chi connectivity index (χ4v) is 3.16. The molecule has 0 aromatic heterocycles. The molecule has 2 aromatic carbocycles. The van der Waals surface area contributed by atoms with Crippen LogP contribution in [0.25, 0.3) is 0 Å². The molecule has 0 radical (unpaired) electrons. The van der Waals surface area contributed by atoms with Crippen LogP contribution in [0.4, 0.5) is 0 Å². The minimum absolute atomic E-state index is 0.0326. The lowest BCUT2D eigenvalue weighted by molar-refractivity contribution is 0.0945. The van der Waals surface area contributed by atoms with E-state index in [1.54, 1.807) is 36.4 Å². The third kappa shape index (κ3) is 5.57. The topological polar surface area (TPSA) is 84.5 Å². The number of hydrogen-bond acceptors (Lipinski definition) is 4. The second-order valence-corrected chi connectivity index (χ2v) is 7.83. The molecule has 7 heteroatoms. The maximum atomic E-state index is 12.3. The standard InChI is InChI=1S/C19H24N2O4S/c1-4-5-15-6-12-18(13-7-15)26(23,24)21-20-19(22)16-8-10-17(11-9-16)25-14(2)3/h6-14,21H,4-5H2,1-3H3,(H,20,22). The van der Waals surface area contributed by atoms with Gasteiger partial charge < -0.3 is 4.74 Å². The number of aryl methyl sites for hydroxylation is 1. The molecule has 0 saturated heterocycles. The lowest BCUT2D eigenvalue weighted by Gasteiger charge is -2.11. The summed E-state index contributed by atoms with van der Waals surface area (Å²) in [6.07, 6.45) is 1.91. The quantitative estimate of drug-likeness (QED) is 0.694. The summed E-state index contributed by atoms with van der Waals surface area (Å²) >= 11 is 0. The number of sulfonamides is 1. The summed E-state index contributed by atoms with van der Waals surface area (Å²) in [4.78, 5) is 14.3. The van der Waals surface area contributed by atoms with E-state index in [1.807, 2.05) is 13.8 Å². The molecular weight excluding hydrogens is 352 g/mol. The molecule has 0 atom stereocenters. The number of benzene rings is 2. The zero-order valence-corrected chi connectivity index (χ0v) is 16.0. The Morgan fingerprint density at radius 2 is 1.65 bits per heavy atom. The summed E-state index contributed by atoms with van der Waals surface area (Å²) in [5, 5.41) is 0. The van der Waals surface area contributed by atoms with Crippen molar-refractivity contribution >= 4 is 15.9 Å². The Balaban J connectivity index is 1.98. The van der Waals surface area contributed by atoms with Crippen molar-refractivity contribution in [3.63, 3.8) is 0 Å². The molecule has 0 unspecified atom stereocenters. The fraction of sp³-hybridized carbons (Fsp3) is 0.316. The van der Waals surface area contributed by atoms with Gasteiger partial charge >= 0.3 is 0 Å².